The molecule has 0 aromatic heterocycles. The minimum absolute atomic E-state index is 0.00856. The number of amides is 2. The Morgan fingerprint density at radius 3 is 2.52 bits per heavy atom. The first kappa shape index (κ1) is 15.8. The largest absolute Gasteiger partial charge is 0.338 e. The van der Waals surface area contributed by atoms with Crippen molar-refractivity contribution in [1.29, 1.82) is 0 Å². The van der Waals surface area contributed by atoms with Crippen LogP contribution in [0.2, 0.25) is 0 Å². The maximum absolute atomic E-state index is 13.6. The van der Waals surface area contributed by atoms with Gasteiger partial charge in [-0.25, -0.2) is 9.18 Å². The summed E-state index contributed by atoms with van der Waals surface area (Å²) in [6.07, 6.45) is 0. The molecule has 5 heteroatoms. The van der Waals surface area contributed by atoms with Crippen molar-refractivity contribution in [1.82, 2.24) is 15.1 Å². The van der Waals surface area contributed by atoms with Crippen LogP contribution in [-0.4, -0.2) is 48.6 Å². The third kappa shape index (κ3) is 4.70. The first-order valence-corrected chi connectivity index (χ1v) is 7.55. The molecule has 0 atom stereocenters. The Bertz CT molecular complexity index is 470. The van der Waals surface area contributed by atoms with Crippen LogP contribution in [-0.2, 0) is 6.54 Å². The molecule has 1 aromatic carbocycles. The van der Waals surface area contributed by atoms with E-state index in [1.54, 1.807) is 6.07 Å². The lowest BCUT2D eigenvalue weighted by molar-refractivity contribution is 0.134. The van der Waals surface area contributed by atoms with E-state index in [2.05, 4.69) is 24.1 Å². The highest BCUT2D eigenvalue weighted by Gasteiger charge is 2.21. The number of nitrogens with zero attached hydrogens (tertiary/aromatic N) is 2. The van der Waals surface area contributed by atoms with Gasteiger partial charge >= 0.3 is 6.03 Å². The first-order valence-electron chi connectivity index (χ1n) is 7.55. The molecule has 1 heterocycles. The number of piperazine rings is 1. The monoisotopic (exact) mass is 293 g/mol. The normalized spacial score (nSPS) is 16.3. The van der Waals surface area contributed by atoms with Crippen LogP contribution < -0.4 is 5.32 Å². The summed E-state index contributed by atoms with van der Waals surface area (Å²) in [6.45, 7) is 8.41. The van der Waals surface area contributed by atoms with Crippen LogP contribution in [0.15, 0.2) is 24.3 Å². The van der Waals surface area contributed by atoms with E-state index in [0.29, 0.717) is 32.1 Å². The Balaban J connectivity index is 1.78. The van der Waals surface area contributed by atoms with E-state index in [4.69, 9.17) is 0 Å². The Morgan fingerprint density at radius 1 is 1.24 bits per heavy atom. The van der Waals surface area contributed by atoms with Crippen LogP contribution >= 0.6 is 0 Å². The molecule has 1 saturated heterocycles. The number of nitrogens with one attached hydrogen (secondary N) is 1. The predicted molar refractivity (Wildman–Crippen MR) is 81.5 cm³/mol. The zero-order valence-electron chi connectivity index (χ0n) is 12.8. The van der Waals surface area contributed by atoms with Gasteiger partial charge in [0.1, 0.15) is 5.82 Å². The van der Waals surface area contributed by atoms with Gasteiger partial charge in [-0.2, -0.15) is 0 Å². The molecule has 0 bridgehead atoms. The fourth-order valence-electron chi connectivity index (χ4n) is 2.38. The average molecular weight is 293 g/mol. The molecule has 1 aromatic rings. The number of carbonyl (C=O) groups is 1. The molecular weight excluding hydrogens is 269 g/mol. The highest BCUT2D eigenvalue weighted by Crippen LogP contribution is 2.12. The number of rotatable bonds is 4. The van der Waals surface area contributed by atoms with Crippen LogP contribution in [0.3, 0.4) is 0 Å². The van der Waals surface area contributed by atoms with Gasteiger partial charge in [0.2, 0.25) is 0 Å². The van der Waals surface area contributed by atoms with Crippen molar-refractivity contribution in [2.24, 2.45) is 5.92 Å². The topological polar surface area (TPSA) is 35.6 Å². The lowest BCUT2D eigenvalue weighted by Gasteiger charge is -2.34. The van der Waals surface area contributed by atoms with Gasteiger partial charge in [-0.1, -0.05) is 32.0 Å². The van der Waals surface area contributed by atoms with E-state index in [9.17, 15) is 9.18 Å². The molecule has 21 heavy (non-hydrogen) atoms. The second-order valence-corrected chi connectivity index (χ2v) is 5.93. The molecule has 116 valence electrons. The van der Waals surface area contributed by atoms with Crippen molar-refractivity contribution in [3.8, 4) is 0 Å². The Labute approximate surface area is 125 Å². The summed E-state index contributed by atoms with van der Waals surface area (Å²) in [6, 6.07) is 6.88. The third-order valence-electron chi connectivity index (χ3n) is 3.67. The second kappa shape index (κ2) is 7.41. The van der Waals surface area contributed by atoms with Crippen molar-refractivity contribution in [3.63, 3.8) is 0 Å². The van der Waals surface area contributed by atoms with Crippen molar-refractivity contribution in [2.45, 2.75) is 20.4 Å². The van der Waals surface area contributed by atoms with E-state index in [-0.39, 0.29) is 11.8 Å². The van der Waals surface area contributed by atoms with Gasteiger partial charge < -0.3 is 10.2 Å². The molecule has 4 nitrogen and oxygen atoms in total. The molecular formula is C16H24FN3O. The van der Waals surface area contributed by atoms with Gasteiger partial charge in [0.05, 0.1) is 0 Å². The first-order chi connectivity index (χ1) is 10.1. The van der Waals surface area contributed by atoms with E-state index in [1.807, 2.05) is 17.0 Å². The molecule has 0 radical (unpaired) electrons. The molecule has 2 rings (SSSR count). The maximum Gasteiger partial charge on any atom is 0.317 e. The van der Waals surface area contributed by atoms with Crippen molar-refractivity contribution in [2.75, 3.05) is 32.7 Å². The molecule has 1 fully saturated rings. The van der Waals surface area contributed by atoms with E-state index >= 15 is 0 Å². The highest BCUT2D eigenvalue weighted by atomic mass is 19.1. The van der Waals surface area contributed by atoms with E-state index < -0.39 is 0 Å². The lowest BCUT2D eigenvalue weighted by Crippen LogP contribution is -2.51. The van der Waals surface area contributed by atoms with Gasteiger partial charge in [-0.3, -0.25) is 4.90 Å². The fourth-order valence-corrected chi connectivity index (χ4v) is 2.38. The Kier molecular flexibility index (Phi) is 5.56. The van der Waals surface area contributed by atoms with E-state index in [1.165, 1.54) is 6.07 Å². The van der Waals surface area contributed by atoms with Crippen LogP contribution in [0.1, 0.15) is 19.4 Å². The molecule has 0 aliphatic carbocycles. The second-order valence-electron chi connectivity index (χ2n) is 5.93. The van der Waals surface area contributed by atoms with Gasteiger partial charge in [-0.15, -0.1) is 0 Å². The summed E-state index contributed by atoms with van der Waals surface area (Å²) < 4.78 is 13.6. The van der Waals surface area contributed by atoms with Crippen LogP contribution in [0.5, 0.6) is 0 Å². The molecule has 1 aliphatic rings. The minimum atomic E-state index is -0.158. The molecule has 1 N–H and O–H groups in total. The third-order valence-corrected chi connectivity index (χ3v) is 3.67. The number of urea groups is 1. The zero-order chi connectivity index (χ0) is 15.2. The number of benzene rings is 1. The lowest BCUT2D eigenvalue weighted by atomic mass is 10.2. The van der Waals surface area contributed by atoms with Crippen molar-refractivity contribution < 1.29 is 9.18 Å². The van der Waals surface area contributed by atoms with Gasteiger partial charge in [0.15, 0.2) is 0 Å². The minimum Gasteiger partial charge on any atom is -0.338 e. The summed E-state index contributed by atoms with van der Waals surface area (Å²) in [4.78, 5) is 16.0. The fraction of sp³-hybridized carbons (Fsp3) is 0.562. The number of hydrogen-bond acceptors (Lipinski definition) is 2. The molecule has 0 spiro atoms. The van der Waals surface area contributed by atoms with Crippen LogP contribution in [0.4, 0.5) is 9.18 Å². The van der Waals surface area contributed by atoms with Gasteiger partial charge in [0, 0.05) is 44.8 Å². The molecule has 0 unspecified atom stereocenters. The number of halogens is 1. The summed E-state index contributed by atoms with van der Waals surface area (Å²) in [5, 5.41) is 2.93. The smallest absolute Gasteiger partial charge is 0.317 e. The standard InChI is InChI=1S/C16H24FN3O/c1-13(2)11-18-16(21)20-9-7-19(8-10-20)12-14-5-3-4-6-15(14)17/h3-6,13H,7-12H2,1-2H3,(H,18,21). The SMILES string of the molecule is CC(C)CNC(=O)N1CCN(Cc2ccccc2F)CC1. The predicted octanol–water partition coefficient (Wildman–Crippen LogP) is 2.31. The highest BCUT2D eigenvalue weighted by molar-refractivity contribution is 5.74. The van der Waals surface area contributed by atoms with Crippen molar-refractivity contribution >= 4 is 6.03 Å². The summed E-state index contributed by atoms with van der Waals surface area (Å²) in [7, 11) is 0. The number of carbonyl (C=O) groups excluding carboxylic acids is 1. The van der Waals surface area contributed by atoms with Crippen molar-refractivity contribution in [3.05, 3.63) is 35.6 Å². The molecule has 1 aliphatic heterocycles. The van der Waals surface area contributed by atoms with Crippen LogP contribution in [0, 0.1) is 11.7 Å². The summed E-state index contributed by atoms with van der Waals surface area (Å²) in [5.74, 6) is 0.297. The Morgan fingerprint density at radius 2 is 1.90 bits per heavy atom. The number of hydrogen-bond donors (Lipinski definition) is 1. The molecule has 2 amide bonds. The maximum atomic E-state index is 13.6. The Hall–Kier alpha value is -1.62. The van der Waals surface area contributed by atoms with E-state index in [0.717, 1.165) is 18.7 Å². The molecule has 0 saturated carbocycles. The zero-order valence-corrected chi connectivity index (χ0v) is 12.8. The van der Waals surface area contributed by atoms with Gasteiger partial charge in [-0.05, 0) is 12.0 Å². The van der Waals surface area contributed by atoms with Gasteiger partial charge in [0.25, 0.3) is 0 Å². The average Bonchev–Trinajstić information content (AvgIpc) is 2.48. The summed E-state index contributed by atoms with van der Waals surface area (Å²) >= 11 is 0. The van der Waals surface area contributed by atoms with Crippen LogP contribution in [0.25, 0.3) is 0 Å². The summed E-state index contributed by atoms with van der Waals surface area (Å²) in [5.41, 5.74) is 0.718. The quantitative estimate of drug-likeness (QED) is 0.924.